The summed E-state index contributed by atoms with van der Waals surface area (Å²) >= 11 is 0. The molecule has 0 spiro atoms. The van der Waals surface area contributed by atoms with Crippen LogP contribution in [-0.4, -0.2) is 37.2 Å². The number of hydrogen-bond donors (Lipinski definition) is 0. The van der Waals surface area contributed by atoms with Crippen molar-refractivity contribution in [1.82, 2.24) is 0 Å². The first-order valence-electron chi connectivity index (χ1n) is 10.4. The standard InChI is InChI=1S/C25H28O9/c1-14(26)9-10-15-12-31-16-11-17(32-13-30-8)21(33-23(29)24(2,3)4)19(18(16)20(15)27)22(28)34-25(5,6)7/h11-12H,13H2,1-8H3. The van der Waals surface area contributed by atoms with Crippen molar-refractivity contribution in [3.63, 3.8) is 0 Å². The molecule has 0 aliphatic heterocycles. The maximum Gasteiger partial charge on any atom is 0.343 e. The highest BCUT2D eigenvalue weighted by Crippen LogP contribution is 2.39. The molecule has 0 N–H and O–H groups in total. The highest BCUT2D eigenvalue weighted by Gasteiger charge is 2.33. The fraction of sp³-hybridized carbons (Fsp3) is 0.440. The van der Waals surface area contributed by atoms with Crippen molar-refractivity contribution in [2.45, 2.75) is 54.1 Å². The third kappa shape index (κ3) is 6.45. The minimum Gasteiger partial charge on any atom is -0.463 e. The lowest BCUT2D eigenvalue weighted by atomic mass is 9.97. The smallest absolute Gasteiger partial charge is 0.343 e. The van der Waals surface area contributed by atoms with Crippen molar-refractivity contribution >= 4 is 28.7 Å². The summed E-state index contributed by atoms with van der Waals surface area (Å²) < 4.78 is 27.1. The van der Waals surface area contributed by atoms with Crippen molar-refractivity contribution < 1.29 is 37.7 Å². The third-order valence-corrected chi connectivity index (χ3v) is 4.10. The first-order valence-corrected chi connectivity index (χ1v) is 10.4. The van der Waals surface area contributed by atoms with E-state index in [0.717, 1.165) is 6.26 Å². The number of carbonyl (C=O) groups is 3. The molecule has 0 amide bonds. The first kappa shape index (κ1) is 26.6. The number of fused-ring (bicyclic) bond motifs is 1. The van der Waals surface area contributed by atoms with Gasteiger partial charge in [-0.2, -0.15) is 0 Å². The van der Waals surface area contributed by atoms with E-state index < -0.39 is 34.2 Å². The Morgan fingerprint density at radius 1 is 1.09 bits per heavy atom. The molecule has 34 heavy (non-hydrogen) atoms. The number of esters is 2. The molecule has 0 radical (unpaired) electrons. The van der Waals surface area contributed by atoms with Gasteiger partial charge in [0.05, 0.1) is 10.8 Å². The van der Waals surface area contributed by atoms with Crippen molar-refractivity contribution in [3.05, 3.63) is 33.7 Å². The van der Waals surface area contributed by atoms with Gasteiger partial charge in [0.15, 0.2) is 18.3 Å². The molecule has 0 saturated heterocycles. The van der Waals surface area contributed by atoms with Crippen molar-refractivity contribution in [2.75, 3.05) is 13.9 Å². The quantitative estimate of drug-likeness (QED) is 0.278. The van der Waals surface area contributed by atoms with Gasteiger partial charge in [0.2, 0.25) is 11.2 Å². The lowest BCUT2D eigenvalue weighted by Crippen LogP contribution is -2.29. The van der Waals surface area contributed by atoms with Crippen molar-refractivity contribution in [3.8, 4) is 23.3 Å². The molecule has 0 atom stereocenters. The molecule has 0 fully saturated rings. The third-order valence-electron chi connectivity index (χ3n) is 4.10. The van der Waals surface area contributed by atoms with Crippen LogP contribution in [0.1, 0.15) is 64.4 Å². The van der Waals surface area contributed by atoms with E-state index in [-0.39, 0.29) is 40.4 Å². The van der Waals surface area contributed by atoms with Gasteiger partial charge in [-0.3, -0.25) is 14.4 Å². The van der Waals surface area contributed by atoms with Gasteiger partial charge >= 0.3 is 11.9 Å². The largest absolute Gasteiger partial charge is 0.463 e. The van der Waals surface area contributed by atoms with Crippen LogP contribution in [0, 0.1) is 17.3 Å². The maximum atomic E-state index is 13.3. The van der Waals surface area contributed by atoms with Crippen LogP contribution < -0.4 is 14.9 Å². The van der Waals surface area contributed by atoms with E-state index in [0.29, 0.717) is 0 Å². The number of Topliss-reactive ketones (excluding diaryl/α,β-unsaturated/α-hetero) is 1. The average Bonchev–Trinajstić information content (AvgIpc) is 2.69. The van der Waals surface area contributed by atoms with E-state index in [1.165, 1.54) is 20.1 Å². The van der Waals surface area contributed by atoms with Crippen LogP contribution in [0.4, 0.5) is 0 Å². The molecule has 2 rings (SSSR count). The Morgan fingerprint density at radius 2 is 1.74 bits per heavy atom. The van der Waals surface area contributed by atoms with Gasteiger partial charge < -0.3 is 23.4 Å². The van der Waals surface area contributed by atoms with Crippen molar-refractivity contribution in [2.24, 2.45) is 5.41 Å². The summed E-state index contributed by atoms with van der Waals surface area (Å²) in [6.45, 7) is 10.8. The van der Waals surface area contributed by atoms with Crippen LogP contribution in [-0.2, 0) is 19.1 Å². The number of rotatable bonds is 5. The number of methoxy groups -OCH3 is 1. The molecule has 0 bridgehead atoms. The second-order valence-corrected chi connectivity index (χ2v) is 9.43. The van der Waals surface area contributed by atoms with E-state index >= 15 is 0 Å². The number of ether oxygens (including phenoxy) is 4. The zero-order chi connectivity index (χ0) is 25.8. The molecular weight excluding hydrogens is 444 g/mol. The zero-order valence-electron chi connectivity index (χ0n) is 20.5. The minimum atomic E-state index is -0.946. The monoisotopic (exact) mass is 472 g/mol. The lowest BCUT2D eigenvalue weighted by Gasteiger charge is -2.23. The highest BCUT2D eigenvalue weighted by molar-refractivity contribution is 6.08. The fourth-order valence-electron chi connectivity index (χ4n) is 2.59. The van der Waals surface area contributed by atoms with Gasteiger partial charge in [-0.1, -0.05) is 5.92 Å². The molecule has 182 valence electrons. The molecule has 1 heterocycles. The van der Waals surface area contributed by atoms with E-state index in [9.17, 15) is 19.2 Å². The van der Waals surface area contributed by atoms with Gasteiger partial charge in [0.1, 0.15) is 28.6 Å². The molecular formula is C25H28O9. The Kier molecular flexibility index (Phi) is 7.90. The second-order valence-electron chi connectivity index (χ2n) is 9.43. The van der Waals surface area contributed by atoms with E-state index in [1.54, 1.807) is 41.5 Å². The van der Waals surface area contributed by atoms with Gasteiger partial charge in [-0.25, -0.2) is 4.79 Å². The van der Waals surface area contributed by atoms with Crippen LogP contribution in [0.2, 0.25) is 0 Å². The van der Waals surface area contributed by atoms with Crippen LogP contribution in [0.5, 0.6) is 11.5 Å². The van der Waals surface area contributed by atoms with Gasteiger partial charge in [-0.05, 0) is 47.5 Å². The Morgan fingerprint density at radius 3 is 2.26 bits per heavy atom. The molecule has 0 saturated carbocycles. The fourth-order valence-corrected chi connectivity index (χ4v) is 2.59. The molecule has 0 aliphatic rings. The summed E-state index contributed by atoms with van der Waals surface area (Å²) in [5.41, 5.74) is -3.16. The molecule has 0 unspecified atom stereocenters. The Balaban J connectivity index is 2.98. The summed E-state index contributed by atoms with van der Waals surface area (Å²) in [5.74, 6) is 2.23. The first-order chi connectivity index (χ1) is 15.7. The van der Waals surface area contributed by atoms with Crippen molar-refractivity contribution in [1.29, 1.82) is 0 Å². The topological polar surface area (TPSA) is 118 Å². The summed E-state index contributed by atoms with van der Waals surface area (Å²) in [5, 5.41) is -0.230. The second kappa shape index (κ2) is 10.1. The van der Waals surface area contributed by atoms with Crippen LogP contribution in [0.25, 0.3) is 11.0 Å². The Hall–Kier alpha value is -3.64. The number of carbonyl (C=O) groups excluding carboxylic acids is 3. The summed E-state index contributed by atoms with van der Waals surface area (Å²) in [6.07, 6.45) is 1.07. The van der Waals surface area contributed by atoms with Gasteiger partial charge in [0.25, 0.3) is 0 Å². The van der Waals surface area contributed by atoms with Crippen LogP contribution in [0.3, 0.4) is 0 Å². The Bertz CT molecular complexity index is 1240. The SMILES string of the molecule is COCOc1cc2occ(C#CC(C)=O)c(=O)c2c(C(=O)OC(C)(C)C)c1OC(=O)C(C)(C)C. The predicted molar refractivity (Wildman–Crippen MR) is 123 cm³/mol. The summed E-state index contributed by atoms with van der Waals surface area (Å²) in [4.78, 5) is 50.7. The van der Waals surface area contributed by atoms with E-state index in [4.69, 9.17) is 23.4 Å². The molecule has 1 aromatic carbocycles. The number of benzene rings is 1. The number of hydrogen-bond acceptors (Lipinski definition) is 9. The van der Waals surface area contributed by atoms with E-state index in [1.807, 2.05) is 0 Å². The van der Waals surface area contributed by atoms with Gasteiger partial charge in [0, 0.05) is 20.1 Å². The molecule has 0 aliphatic carbocycles. The normalized spacial score (nSPS) is 11.4. The molecule has 9 nitrogen and oxygen atoms in total. The molecule has 1 aromatic heterocycles. The predicted octanol–water partition coefficient (Wildman–Crippen LogP) is 3.62. The molecule has 9 heteroatoms. The highest BCUT2D eigenvalue weighted by atomic mass is 16.7. The molecule has 2 aromatic rings. The van der Waals surface area contributed by atoms with Crippen LogP contribution in [0.15, 0.2) is 21.5 Å². The van der Waals surface area contributed by atoms with E-state index in [2.05, 4.69) is 11.8 Å². The minimum absolute atomic E-state index is 0.0408. The lowest BCUT2D eigenvalue weighted by molar-refractivity contribution is -0.143. The van der Waals surface area contributed by atoms with Gasteiger partial charge in [-0.15, -0.1) is 0 Å². The zero-order valence-corrected chi connectivity index (χ0v) is 20.5. The average molecular weight is 472 g/mol. The number of ketones is 1. The summed E-state index contributed by atoms with van der Waals surface area (Å²) in [6, 6.07) is 1.30. The summed E-state index contributed by atoms with van der Waals surface area (Å²) in [7, 11) is 1.39. The van der Waals surface area contributed by atoms with Crippen LogP contribution >= 0.6 is 0 Å². The maximum absolute atomic E-state index is 13.3. The Labute approximate surface area is 197 Å².